The number of fused-ring (bicyclic) bond motifs is 1. The van der Waals surface area contributed by atoms with Gasteiger partial charge in [-0.3, -0.25) is 14.6 Å². The van der Waals surface area contributed by atoms with Crippen molar-refractivity contribution in [3.63, 3.8) is 0 Å². The zero-order valence-electron chi connectivity index (χ0n) is 11.7. The summed E-state index contributed by atoms with van der Waals surface area (Å²) in [4.78, 5) is 27.3. The van der Waals surface area contributed by atoms with Crippen molar-refractivity contribution in [1.82, 2.24) is 9.55 Å². The largest absolute Gasteiger partial charge is 0.307 e. The molecule has 1 fully saturated rings. The Bertz CT molecular complexity index is 729. The maximum atomic E-state index is 13.4. The van der Waals surface area contributed by atoms with Crippen molar-refractivity contribution >= 4 is 16.8 Å². The second kappa shape index (κ2) is 5.76. The van der Waals surface area contributed by atoms with E-state index >= 15 is 0 Å². The lowest BCUT2D eigenvalue weighted by Crippen LogP contribution is -2.22. The number of carbonyl (C=O) groups excluding carboxylic acids is 1. The zero-order valence-corrected chi connectivity index (χ0v) is 11.7. The van der Waals surface area contributed by atoms with Gasteiger partial charge in [0.15, 0.2) is 0 Å². The minimum absolute atomic E-state index is 0.137. The predicted molar refractivity (Wildman–Crippen MR) is 77.5 cm³/mol. The molecule has 2 heterocycles. The SMILES string of the molecule is O=C1CCC(CCn2c(=O)ccc3ncc(F)cc32)CC1. The summed E-state index contributed by atoms with van der Waals surface area (Å²) >= 11 is 0. The highest BCUT2D eigenvalue weighted by atomic mass is 19.1. The lowest BCUT2D eigenvalue weighted by atomic mass is 9.86. The molecule has 1 aliphatic carbocycles. The van der Waals surface area contributed by atoms with Gasteiger partial charge in [-0.15, -0.1) is 0 Å². The minimum atomic E-state index is -0.440. The van der Waals surface area contributed by atoms with E-state index in [9.17, 15) is 14.0 Å². The normalized spacial score (nSPS) is 16.5. The topological polar surface area (TPSA) is 52.0 Å². The molecule has 2 aromatic rings. The number of hydrogen-bond acceptors (Lipinski definition) is 3. The van der Waals surface area contributed by atoms with Gasteiger partial charge in [-0.1, -0.05) is 0 Å². The van der Waals surface area contributed by atoms with E-state index in [0.717, 1.165) is 25.5 Å². The Hall–Kier alpha value is -2.04. The second-order valence-corrected chi connectivity index (χ2v) is 5.65. The van der Waals surface area contributed by atoms with Gasteiger partial charge >= 0.3 is 0 Å². The highest BCUT2D eigenvalue weighted by molar-refractivity contribution is 5.79. The molecule has 0 atom stereocenters. The maximum Gasteiger partial charge on any atom is 0.251 e. The van der Waals surface area contributed by atoms with Crippen LogP contribution in [0.5, 0.6) is 0 Å². The Kier molecular flexibility index (Phi) is 3.82. The third-order valence-electron chi connectivity index (χ3n) is 4.23. The molecule has 0 unspecified atom stereocenters. The minimum Gasteiger partial charge on any atom is -0.307 e. The first-order chi connectivity index (χ1) is 10.1. The lowest BCUT2D eigenvalue weighted by molar-refractivity contribution is -0.121. The molecule has 0 spiro atoms. The smallest absolute Gasteiger partial charge is 0.251 e. The molecule has 0 aliphatic heterocycles. The van der Waals surface area contributed by atoms with Gasteiger partial charge in [-0.05, 0) is 31.2 Å². The van der Waals surface area contributed by atoms with E-state index in [2.05, 4.69) is 4.98 Å². The molecule has 0 amide bonds. The predicted octanol–water partition coefficient (Wildman–Crippen LogP) is 2.69. The maximum absolute atomic E-state index is 13.4. The molecular formula is C16H17FN2O2. The van der Waals surface area contributed by atoms with E-state index < -0.39 is 5.82 Å². The number of rotatable bonds is 3. The van der Waals surface area contributed by atoms with Crippen molar-refractivity contribution in [2.24, 2.45) is 5.92 Å². The van der Waals surface area contributed by atoms with Crippen LogP contribution < -0.4 is 5.56 Å². The van der Waals surface area contributed by atoms with Crippen LogP contribution in [0.2, 0.25) is 0 Å². The molecule has 0 bridgehead atoms. The number of halogens is 1. The summed E-state index contributed by atoms with van der Waals surface area (Å²) in [6.45, 7) is 0.542. The van der Waals surface area contributed by atoms with Gasteiger partial charge < -0.3 is 4.57 Å². The second-order valence-electron chi connectivity index (χ2n) is 5.65. The van der Waals surface area contributed by atoms with Crippen molar-refractivity contribution in [2.45, 2.75) is 38.6 Å². The zero-order chi connectivity index (χ0) is 14.8. The summed E-state index contributed by atoms with van der Waals surface area (Å²) in [6, 6.07) is 4.44. The Balaban J connectivity index is 1.83. The molecule has 0 saturated heterocycles. The quantitative estimate of drug-likeness (QED) is 0.872. The van der Waals surface area contributed by atoms with Crippen molar-refractivity contribution in [2.75, 3.05) is 0 Å². The van der Waals surface area contributed by atoms with Gasteiger partial charge in [0.05, 0.1) is 17.2 Å². The molecule has 1 aliphatic rings. The average Bonchev–Trinajstić information content (AvgIpc) is 2.48. The van der Waals surface area contributed by atoms with Crippen LogP contribution in [0.1, 0.15) is 32.1 Å². The number of Topliss-reactive ketones (excluding diaryl/α,β-unsaturated/α-hetero) is 1. The van der Waals surface area contributed by atoms with Crippen LogP contribution in [0.3, 0.4) is 0 Å². The molecular weight excluding hydrogens is 271 g/mol. The van der Waals surface area contributed by atoms with Gasteiger partial charge in [0.25, 0.3) is 5.56 Å². The molecule has 0 aromatic carbocycles. The third-order valence-corrected chi connectivity index (χ3v) is 4.23. The van der Waals surface area contributed by atoms with Crippen molar-refractivity contribution in [3.8, 4) is 0 Å². The van der Waals surface area contributed by atoms with Gasteiger partial charge in [-0.25, -0.2) is 4.39 Å². The van der Waals surface area contributed by atoms with E-state index in [1.54, 1.807) is 10.6 Å². The number of aryl methyl sites for hydroxylation is 1. The fraction of sp³-hybridized carbons (Fsp3) is 0.438. The molecule has 0 radical (unpaired) electrons. The highest BCUT2D eigenvalue weighted by Gasteiger charge is 2.18. The number of carbonyl (C=O) groups is 1. The fourth-order valence-electron chi connectivity index (χ4n) is 2.97. The average molecular weight is 288 g/mol. The number of aromatic nitrogens is 2. The van der Waals surface area contributed by atoms with Crippen LogP contribution in [0.25, 0.3) is 11.0 Å². The highest BCUT2D eigenvalue weighted by Crippen LogP contribution is 2.25. The number of hydrogen-bond donors (Lipinski definition) is 0. The van der Waals surface area contributed by atoms with Crippen LogP contribution >= 0.6 is 0 Å². The van der Waals surface area contributed by atoms with E-state index in [-0.39, 0.29) is 5.56 Å². The Morgan fingerprint density at radius 2 is 2.00 bits per heavy atom. The summed E-state index contributed by atoms with van der Waals surface area (Å²) in [5, 5.41) is 0. The van der Waals surface area contributed by atoms with Gasteiger partial charge in [0.2, 0.25) is 0 Å². The van der Waals surface area contributed by atoms with Gasteiger partial charge in [-0.2, -0.15) is 0 Å². The van der Waals surface area contributed by atoms with Crippen molar-refractivity contribution < 1.29 is 9.18 Å². The Morgan fingerprint density at radius 1 is 1.24 bits per heavy atom. The summed E-state index contributed by atoms with van der Waals surface area (Å²) in [5.41, 5.74) is 1.02. The molecule has 21 heavy (non-hydrogen) atoms. The van der Waals surface area contributed by atoms with E-state index in [1.807, 2.05) is 0 Å². The number of nitrogens with zero attached hydrogens (tertiary/aromatic N) is 2. The summed E-state index contributed by atoms with van der Waals surface area (Å²) in [6.07, 6.45) is 5.07. The Morgan fingerprint density at radius 3 is 2.76 bits per heavy atom. The number of ketones is 1. The van der Waals surface area contributed by atoms with Crippen molar-refractivity contribution in [1.29, 1.82) is 0 Å². The van der Waals surface area contributed by atoms with E-state index in [1.165, 1.54) is 12.1 Å². The fourth-order valence-corrected chi connectivity index (χ4v) is 2.97. The van der Waals surface area contributed by atoms with E-state index in [0.29, 0.717) is 42.1 Å². The standard InChI is InChI=1S/C16H17FN2O2/c17-12-9-15-14(18-10-12)5-6-16(21)19(15)8-7-11-1-3-13(20)4-2-11/h5-6,9-11H,1-4,7-8H2. The Labute approximate surface area is 121 Å². The first-order valence-electron chi connectivity index (χ1n) is 7.30. The molecule has 1 saturated carbocycles. The van der Waals surface area contributed by atoms with Crippen LogP contribution in [-0.2, 0) is 11.3 Å². The van der Waals surface area contributed by atoms with Crippen LogP contribution in [0, 0.1) is 11.7 Å². The first kappa shape index (κ1) is 13.9. The van der Waals surface area contributed by atoms with Crippen LogP contribution in [-0.4, -0.2) is 15.3 Å². The molecule has 5 heteroatoms. The van der Waals surface area contributed by atoms with Crippen molar-refractivity contribution in [3.05, 3.63) is 40.6 Å². The number of pyridine rings is 2. The van der Waals surface area contributed by atoms with Crippen LogP contribution in [0.4, 0.5) is 4.39 Å². The monoisotopic (exact) mass is 288 g/mol. The summed E-state index contributed by atoms with van der Waals surface area (Å²) in [5.74, 6) is 0.358. The summed E-state index contributed by atoms with van der Waals surface area (Å²) in [7, 11) is 0. The van der Waals surface area contributed by atoms with Crippen LogP contribution in [0.15, 0.2) is 29.2 Å². The molecule has 4 nitrogen and oxygen atoms in total. The first-order valence-corrected chi connectivity index (χ1v) is 7.30. The summed E-state index contributed by atoms with van der Waals surface area (Å²) < 4.78 is 15.0. The van der Waals surface area contributed by atoms with E-state index in [4.69, 9.17) is 0 Å². The van der Waals surface area contributed by atoms with Gasteiger partial charge in [0, 0.05) is 31.5 Å². The lowest BCUT2D eigenvalue weighted by Gasteiger charge is -2.21. The van der Waals surface area contributed by atoms with Gasteiger partial charge in [0.1, 0.15) is 11.6 Å². The molecule has 2 aromatic heterocycles. The molecule has 0 N–H and O–H groups in total. The molecule has 110 valence electrons. The molecule has 3 rings (SSSR count). The third kappa shape index (κ3) is 3.01.